The molecule has 3 aromatic rings. The number of aromatic nitrogens is 3. The largest absolute Gasteiger partial charge is 0.508 e. The van der Waals surface area contributed by atoms with Crippen molar-refractivity contribution in [2.24, 2.45) is 0 Å². The number of benzene rings is 2. The van der Waals surface area contributed by atoms with E-state index in [1.165, 1.54) is 12.1 Å². The molecule has 22 heavy (non-hydrogen) atoms. The Balaban J connectivity index is 1.73. The average molecular weight is 297 g/mol. The molecular weight excluding hydrogens is 282 g/mol. The zero-order chi connectivity index (χ0) is 15.5. The molecule has 6 heteroatoms. The van der Waals surface area contributed by atoms with Gasteiger partial charge in [0.15, 0.2) is 0 Å². The second kappa shape index (κ2) is 5.87. The maximum Gasteiger partial charge on any atom is 0.115 e. The van der Waals surface area contributed by atoms with Crippen LogP contribution in [-0.2, 0) is 6.54 Å². The highest BCUT2D eigenvalue weighted by atomic mass is 16.3. The van der Waals surface area contributed by atoms with Gasteiger partial charge in [0, 0.05) is 5.56 Å². The minimum Gasteiger partial charge on any atom is -0.508 e. The summed E-state index contributed by atoms with van der Waals surface area (Å²) in [5.74, 6) is 0.352. The zero-order valence-electron chi connectivity index (χ0n) is 11.7. The second-order valence-corrected chi connectivity index (χ2v) is 4.98. The van der Waals surface area contributed by atoms with Crippen molar-refractivity contribution in [3.63, 3.8) is 0 Å². The molecule has 3 rings (SSSR count). The highest BCUT2D eigenvalue weighted by Gasteiger charge is 2.11. The standard InChI is InChI=1S/C16H15N3O3/c20-13-5-1-11(2-6-13)15-9-19(18-17-15)10-16(22)12-3-7-14(21)8-4-12/h1-9,16,20-22H,10H2. The van der Waals surface area contributed by atoms with Crippen LogP contribution < -0.4 is 0 Å². The van der Waals surface area contributed by atoms with Gasteiger partial charge in [-0.25, -0.2) is 4.68 Å². The number of phenolic OH excluding ortho intramolecular Hbond substituents is 2. The van der Waals surface area contributed by atoms with Crippen LogP contribution in [0.15, 0.2) is 54.7 Å². The summed E-state index contributed by atoms with van der Waals surface area (Å²) in [7, 11) is 0. The van der Waals surface area contributed by atoms with E-state index in [2.05, 4.69) is 10.3 Å². The van der Waals surface area contributed by atoms with Crippen molar-refractivity contribution in [1.82, 2.24) is 15.0 Å². The van der Waals surface area contributed by atoms with E-state index >= 15 is 0 Å². The van der Waals surface area contributed by atoms with Crippen molar-refractivity contribution in [2.45, 2.75) is 12.6 Å². The van der Waals surface area contributed by atoms with Crippen LogP contribution in [0.5, 0.6) is 11.5 Å². The fourth-order valence-electron chi connectivity index (χ4n) is 2.13. The third-order valence-electron chi connectivity index (χ3n) is 3.34. The monoisotopic (exact) mass is 297 g/mol. The number of hydrogen-bond acceptors (Lipinski definition) is 5. The third-order valence-corrected chi connectivity index (χ3v) is 3.34. The Hall–Kier alpha value is -2.86. The lowest BCUT2D eigenvalue weighted by atomic mass is 10.1. The molecule has 2 aromatic carbocycles. The Labute approximate surface area is 126 Å². The molecule has 1 unspecified atom stereocenters. The van der Waals surface area contributed by atoms with Crippen molar-refractivity contribution in [1.29, 1.82) is 0 Å². The van der Waals surface area contributed by atoms with Crippen LogP contribution >= 0.6 is 0 Å². The number of hydrogen-bond donors (Lipinski definition) is 3. The summed E-state index contributed by atoms with van der Waals surface area (Å²) in [5, 5.41) is 36.8. The fraction of sp³-hybridized carbons (Fsp3) is 0.125. The van der Waals surface area contributed by atoms with Crippen LogP contribution in [0.2, 0.25) is 0 Å². The van der Waals surface area contributed by atoms with E-state index in [1.54, 1.807) is 47.3 Å². The van der Waals surface area contributed by atoms with Crippen molar-refractivity contribution >= 4 is 0 Å². The van der Waals surface area contributed by atoms with Crippen LogP contribution in [-0.4, -0.2) is 30.3 Å². The van der Waals surface area contributed by atoms with Gasteiger partial charge in [-0.15, -0.1) is 5.10 Å². The molecule has 1 aromatic heterocycles. The highest BCUT2D eigenvalue weighted by Crippen LogP contribution is 2.21. The molecule has 0 saturated carbocycles. The van der Waals surface area contributed by atoms with Gasteiger partial charge in [-0.1, -0.05) is 17.3 Å². The zero-order valence-corrected chi connectivity index (χ0v) is 11.7. The molecule has 1 atom stereocenters. The minimum absolute atomic E-state index is 0.159. The molecule has 0 fully saturated rings. The van der Waals surface area contributed by atoms with Gasteiger partial charge < -0.3 is 15.3 Å². The molecule has 6 nitrogen and oxygen atoms in total. The lowest BCUT2D eigenvalue weighted by Gasteiger charge is -2.10. The number of rotatable bonds is 4. The van der Waals surface area contributed by atoms with Gasteiger partial charge in [0.1, 0.15) is 17.2 Å². The van der Waals surface area contributed by atoms with E-state index in [1.807, 2.05) is 0 Å². The summed E-state index contributed by atoms with van der Waals surface area (Å²) in [6.07, 6.45) is 0.991. The summed E-state index contributed by atoms with van der Waals surface area (Å²) < 4.78 is 1.56. The molecule has 3 N–H and O–H groups in total. The molecule has 1 heterocycles. The Kier molecular flexibility index (Phi) is 3.76. The molecule has 0 bridgehead atoms. The number of phenols is 2. The summed E-state index contributed by atoms with van der Waals surface area (Å²) in [4.78, 5) is 0. The Morgan fingerprint density at radius 3 is 2.14 bits per heavy atom. The van der Waals surface area contributed by atoms with E-state index in [-0.39, 0.29) is 18.0 Å². The van der Waals surface area contributed by atoms with E-state index < -0.39 is 6.10 Å². The normalized spacial score (nSPS) is 12.2. The van der Waals surface area contributed by atoms with Crippen LogP contribution in [0.3, 0.4) is 0 Å². The Morgan fingerprint density at radius 1 is 0.909 bits per heavy atom. The number of aromatic hydroxyl groups is 2. The number of nitrogens with zero attached hydrogens (tertiary/aromatic N) is 3. The summed E-state index contributed by atoms with van der Waals surface area (Å²) in [5.41, 5.74) is 2.19. The number of aliphatic hydroxyl groups excluding tert-OH is 1. The SMILES string of the molecule is Oc1ccc(-c2cn(CC(O)c3ccc(O)cc3)nn2)cc1. The Bertz CT molecular complexity index is 751. The third kappa shape index (κ3) is 3.07. The van der Waals surface area contributed by atoms with Gasteiger partial charge in [0.05, 0.1) is 18.8 Å². The van der Waals surface area contributed by atoms with Gasteiger partial charge in [-0.05, 0) is 42.0 Å². The van der Waals surface area contributed by atoms with Crippen molar-refractivity contribution in [3.05, 3.63) is 60.3 Å². The average Bonchev–Trinajstić information content (AvgIpc) is 2.97. The first-order valence-corrected chi connectivity index (χ1v) is 6.78. The van der Waals surface area contributed by atoms with Crippen LogP contribution in [0, 0.1) is 0 Å². The Morgan fingerprint density at radius 2 is 1.50 bits per heavy atom. The number of aliphatic hydroxyl groups is 1. The maximum absolute atomic E-state index is 10.2. The molecule has 0 amide bonds. The fourth-order valence-corrected chi connectivity index (χ4v) is 2.13. The quantitative estimate of drug-likeness (QED) is 0.686. The van der Waals surface area contributed by atoms with Crippen LogP contribution in [0.1, 0.15) is 11.7 Å². The van der Waals surface area contributed by atoms with E-state index in [9.17, 15) is 15.3 Å². The lowest BCUT2D eigenvalue weighted by molar-refractivity contribution is 0.150. The van der Waals surface area contributed by atoms with Crippen molar-refractivity contribution < 1.29 is 15.3 Å². The molecule has 112 valence electrons. The van der Waals surface area contributed by atoms with E-state index in [0.717, 1.165) is 5.56 Å². The van der Waals surface area contributed by atoms with Crippen molar-refractivity contribution in [2.75, 3.05) is 0 Å². The van der Waals surface area contributed by atoms with Gasteiger partial charge >= 0.3 is 0 Å². The molecule has 0 aliphatic carbocycles. The highest BCUT2D eigenvalue weighted by molar-refractivity contribution is 5.58. The smallest absolute Gasteiger partial charge is 0.115 e. The van der Waals surface area contributed by atoms with E-state index in [0.29, 0.717) is 11.3 Å². The van der Waals surface area contributed by atoms with Crippen LogP contribution in [0.4, 0.5) is 0 Å². The second-order valence-electron chi connectivity index (χ2n) is 4.98. The first kappa shape index (κ1) is 14.1. The lowest BCUT2D eigenvalue weighted by Crippen LogP contribution is -2.09. The minimum atomic E-state index is -0.741. The van der Waals surface area contributed by atoms with Crippen molar-refractivity contribution in [3.8, 4) is 22.8 Å². The summed E-state index contributed by atoms with van der Waals surface area (Å²) in [6, 6.07) is 13.1. The first-order chi connectivity index (χ1) is 10.6. The predicted molar refractivity (Wildman–Crippen MR) is 80.2 cm³/mol. The first-order valence-electron chi connectivity index (χ1n) is 6.78. The van der Waals surface area contributed by atoms with Crippen LogP contribution in [0.25, 0.3) is 11.3 Å². The van der Waals surface area contributed by atoms with Gasteiger partial charge in [-0.3, -0.25) is 0 Å². The van der Waals surface area contributed by atoms with E-state index in [4.69, 9.17) is 0 Å². The molecular formula is C16H15N3O3. The van der Waals surface area contributed by atoms with Gasteiger partial charge in [0.2, 0.25) is 0 Å². The summed E-state index contributed by atoms with van der Waals surface area (Å²) in [6.45, 7) is 0.260. The maximum atomic E-state index is 10.2. The van der Waals surface area contributed by atoms with Gasteiger partial charge in [0.25, 0.3) is 0 Å². The van der Waals surface area contributed by atoms with Gasteiger partial charge in [-0.2, -0.15) is 0 Å². The molecule has 0 aliphatic heterocycles. The molecule has 0 spiro atoms. The topological polar surface area (TPSA) is 91.4 Å². The molecule has 0 aliphatic rings. The predicted octanol–water partition coefficient (Wildman–Crippen LogP) is 2.09. The summed E-state index contributed by atoms with van der Waals surface area (Å²) >= 11 is 0. The molecule has 0 radical (unpaired) electrons. The molecule has 0 saturated heterocycles.